The molecule has 3 heteroatoms. The zero-order valence-electron chi connectivity index (χ0n) is 8.53. The summed E-state index contributed by atoms with van der Waals surface area (Å²) in [6.07, 6.45) is 2.67. The summed E-state index contributed by atoms with van der Waals surface area (Å²) in [5, 5.41) is 9.48. The van der Waals surface area contributed by atoms with Gasteiger partial charge in [-0.05, 0) is 24.6 Å². The van der Waals surface area contributed by atoms with E-state index in [1.807, 2.05) is 0 Å². The summed E-state index contributed by atoms with van der Waals surface area (Å²) >= 11 is 0. The number of hydrogen-bond donors (Lipinski definition) is 1. The molecule has 0 aliphatic rings. The van der Waals surface area contributed by atoms with Crippen molar-refractivity contribution in [3.8, 4) is 11.5 Å². The molecule has 0 heterocycles. The van der Waals surface area contributed by atoms with Crippen molar-refractivity contribution >= 4 is 6.21 Å². The van der Waals surface area contributed by atoms with E-state index in [1.165, 1.54) is 0 Å². The number of nitrogens with zero attached hydrogens (tertiary/aromatic N) is 1. The van der Waals surface area contributed by atoms with Crippen LogP contribution in [0.1, 0.15) is 18.9 Å². The van der Waals surface area contributed by atoms with Crippen LogP contribution in [0.25, 0.3) is 0 Å². The molecule has 76 valence electrons. The molecular weight excluding hydrogens is 178 g/mol. The van der Waals surface area contributed by atoms with Gasteiger partial charge >= 0.3 is 0 Å². The van der Waals surface area contributed by atoms with E-state index in [-0.39, 0.29) is 5.75 Å². The molecule has 0 atom stereocenters. The quantitative estimate of drug-likeness (QED) is 0.745. The monoisotopic (exact) mass is 193 g/mol. The summed E-state index contributed by atoms with van der Waals surface area (Å²) in [5.41, 5.74) is 0.692. The van der Waals surface area contributed by atoms with Gasteiger partial charge in [-0.1, -0.05) is 6.92 Å². The van der Waals surface area contributed by atoms with E-state index in [0.29, 0.717) is 5.56 Å². The second-order valence-electron chi connectivity index (χ2n) is 2.96. The molecule has 0 bridgehead atoms. The topological polar surface area (TPSA) is 41.8 Å². The molecule has 0 saturated heterocycles. The van der Waals surface area contributed by atoms with Crippen LogP contribution in [0.3, 0.4) is 0 Å². The van der Waals surface area contributed by atoms with Crippen LogP contribution in [0, 0.1) is 0 Å². The van der Waals surface area contributed by atoms with E-state index in [9.17, 15) is 5.11 Å². The molecule has 0 aliphatic carbocycles. The number of aromatic hydroxyl groups is 1. The van der Waals surface area contributed by atoms with Gasteiger partial charge in [0.25, 0.3) is 0 Å². The molecule has 14 heavy (non-hydrogen) atoms. The maximum Gasteiger partial charge on any atom is 0.124 e. The fraction of sp³-hybridized carbons (Fsp3) is 0.364. The molecule has 1 aromatic rings. The first-order valence-corrected chi connectivity index (χ1v) is 4.64. The van der Waals surface area contributed by atoms with Gasteiger partial charge in [-0.25, -0.2) is 0 Å². The highest BCUT2D eigenvalue weighted by Crippen LogP contribution is 2.20. The Balaban J connectivity index is 2.83. The van der Waals surface area contributed by atoms with Crippen LogP contribution in [-0.2, 0) is 0 Å². The molecule has 0 fully saturated rings. The molecule has 1 N–H and O–H groups in total. The van der Waals surface area contributed by atoms with Gasteiger partial charge in [0.1, 0.15) is 11.5 Å². The minimum atomic E-state index is 0.227. The third-order valence-corrected chi connectivity index (χ3v) is 1.82. The van der Waals surface area contributed by atoms with Crippen molar-refractivity contribution < 1.29 is 9.84 Å². The average Bonchev–Trinajstić information content (AvgIpc) is 2.21. The first-order valence-electron chi connectivity index (χ1n) is 4.64. The number of hydrogen-bond acceptors (Lipinski definition) is 3. The van der Waals surface area contributed by atoms with E-state index in [1.54, 1.807) is 31.5 Å². The van der Waals surface area contributed by atoms with Gasteiger partial charge in [-0.15, -0.1) is 0 Å². The van der Waals surface area contributed by atoms with Crippen LogP contribution in [0.2, 0.25) is 0 Å². The summed E-state index contributed by atoms with van der Waals surface area (Å²) in [6.45, 7) is 2.83. The summed E-state index contributed by atoms with van der Waals surface area (Å²) in [6, 6.07) is 5.08. The zero-order valence-corrected chi connectivity index (χ0v) is 8.53. The van der Waals surface area contributed by atoms with Crippen LogP contribution in [0.4, 0.5) is 0 Å². The zero-order chi connectivity index (χ0) is 10.4. The fourth-order valence-corrected chi connectivity index (χ4v) is 1.05. The van der Waals surface area contributed by atoms with Crippen molar-refractivity contribution in [1.29, 1.82) is 0 Å². The lowest BCUT2D eigenvalue weighted by atomic mass is 10.2. The van der Waals surface area contributed by atoms with Crippen molar-refractivity contribution in [3.05, 3.63) is 23.8 Å². The number of phenols is 1. The number of benzene rings is 1. The first kappa shape index (κ1) is 10.6. The minimum Gasteiger partial charge on any atom is -0.507 e. The Labute approximate surface area is 84.1 Å². The normalized spacial score (nSPS) is 10.7. The van der Waals surface area contributed by atoms with Crippen molar-refractivity contribution in [2.24, 2.45) is 4.99 Å². The van der Waals surface area contributed by atoms with Gasteiger partial charge < -0.3 is 9.84 Å². The summed E-state index contributed by atoms with van der Waals surface area (Å²) < 4.78 is 5.04. The maximum absolute atomic E-state index is 9.48. The summed E-state index contributed by atoms with van der Waals surface area (Å²) in [7, 11) is 1.60. The number of phenolic OH excluding ortho intramolecular Hbond substituents is 1. The van der Waals surface area contributed by atoms with Crippen molar-refractivity contribution in [2.45, 2.75) is 13.3 Å². The smallest absolute Gasteiger partial charge is 0.124 e. The SMILES string of the molecule is CCC/N=C/c1cc(OC)ccc1O. The van der Waals surface area contributed by atoms with E-state index in [0.717, 1.165) is 18.7 Å². The van der Waals surface area contributed by atoms with Crippen LogP contribution in [0.5, 0.6) is 11.5 Å². The van der Waals surface area contributed by atoms with Crippen molar-refractivity contribution in [3.63, 3.8) is 0 Å². The highest BCUT2D eigenvalue weighted by molar-refractivity contribution is 5.84. The van der Waals surface area contributed by atoms with Gasteiger partial charge in [0.15, 0.2) is 0 Å². The molecular formula is C11H15NO2. The third kappa shape index (κ3) is 2.76. The van der Waals surface area contributed by atoms with Gasteiger partial charge in [0, 0.05) is 18.3 Å². The van der Waals surface area contributed by atoms with Crippen molar-refractivity contribution in [2.75, 3.05) is 13.7 Å². The fourth-order valence-electron chi connectivity index (χ4n) is 1.05. The Morgan fingerprint density at radius 2 is 2.29 bits per heavy atom. The van der Waals surface area contributed by atoms with Crippen molar-refractivity contribution in [1.82, 2.24) is 0 Å². The maximum atomic E-state index is 9.48. The van der Waals surface area contributed by atoms with Crippen LogP contribution in [0.15, 0.2) is 23.2 Å². The number of methoxy groups -OCH3 is 1. The summed E-state index contributed by atoms with van der Waals surface area (Å²) in [5.74, 6) is 0.950. The van der Waals surface area contributed by atoms with Gasteiger partial charge in [0.2, 0.25) is 0 Å². The van der Waals surface area contributed by atoms with E-state index >= 15 is 0 Å². The molecule has 0 spiro atoms. The number of ether oxygens (including phenoxy) is 1. The molecule has 3 nitrogen and oxygen atoms in total. The number of aliphatic imine (C=N–C) groups is 1. The first-order chi connectivity index (χ1) is 6.77. The highest BCUT2D eigenvalue weighted by atomic mass is 16.5. The minimum absolute atomic E-state index is 0.227. The Bertz CT molecular complexity index is 321. The van der Waals surface area contributed by atoms with Gasteiger partial charge in [-0.3, -0.25) is 4.99 Å². The molecule has 0 radical (unpaired) electrons. The lowest BCUT2D eigenvalue weighted by Crippen LogP contribution is -1.88. The van der Waals surface area contributed by atoms with Gasteiger partial charge in [-0.2, -0.15) is 0 Å². The highest BCUT2D eigenvalue weighted by Gasteiger charge is 1.99. The lowest BCUT2D eigenvalue weighted by Gasteiger charge is -2.02. The molecule has 0 aliphatic heterocycles. The molecule has 0 amide bonds. The molecule has 1 rings (SSSR count). The Morgan fingerprint density at radius 1 is 1.50 bits per heavy atom. The average molecular weight is 193 g/mol. The van der Waals surface area contributed by atoms with E-state index in [4.69, 9.17) is 4.74 Å². The number of rotatable bonds is 4. The third-order valence-electron chi connectivity index (χ3n) is 1.82. The largest absolute Gasteiger partial charge is 0.507 e. The Kier molecular flexibility index (Phi) is 3.98. The lowest BCUT2D eigenvalue weighted by molar-refractivity contribution is 0.412. The molecule has 0 saturated carbocycles. The standard InChI is InChI=1S/C11H15NO2/c1-3-6-12-8-9-7-10(14-2)4-5-11(9)13/h4-5,7-8,13H,3,6H2,1-2H3/b12-8+. The van der Waals surface area contributed by atoms with Gasteiger partial charge in [0.05, 0.1) is 7.11 Å². The second kappa shape index (κ2) is 5.27. The van der Waals surface area contributed by atoms with Crippen LogP contribution in [-0.4, -0.2) is 25.0 Å². The Morgan fingerprint density at radius 3 is 2.93 bits per heavy atom. The second-order valence-corrected chi connectivity index (χ2v) is 2.96. The van der Waals surface area contributed by atoms with E-state index in [2.05, 4.69) is 11.9 Å². The van der Waals surface area contributed by atoms with E-state index < -0.39 is 0 Å². The van der Waals surface area contributed by atoms with Crippen LogP contribution >= 0.6 is 0 Å². The Hall–Kier alpha value is -1.51. The summed E-state index contributed by atoms with van der Waals surface area (Å²) in [4.78, 5) is 4.16. The predicted molar refractivity (Wildman–Crippen MR) is 57.4 cm³/mol. The predicted octanol–water partition coefficient (Wildman–Crippen LogP) is 2.23. The molecule has 1 aromatic carbocycles. The molecule has 0 aromatic heterocycles. The van der Waals surface area contributed by atoms with Crippen LogP contribution < -0.4 is 4.74 Å². The molecule has 0 unspecified atom stereocenters.